The van der Waals surface area contributed by atoms with E-state index >= 15 is 0 Å². The zero-order valence-electron chi connectivity index (χ0n) is 8.20. The number of halogens is 1. The van der Waals surface area contributed by atoms with Gasteiger partial charge in [0, 0.05) is 24.5 Å². The summed E-state index contributed by atoms with van der Waals surface area (Å²) in [5, 5.41) is 9.19. The van der Waals surface area contributed by atoms with Gasteiger partial charge in [0.1, 0.15) is 0 Å². The molecule has 1 aromatic rings. The van der Waals surface area contributed by atoms with Crippen molar-refractivity contribution < 1.29 is 0 Å². The molecule has 0 amide bonds. The third-order valence-corrected chi connectivity index (χ3v) is 2.18. The molecule has 0 bridgehead atoms. The average molecular weight is 209 g/mol. The first-order valence-corrected chi connectivity index (χ1v) is 4.90. The zero-order valence-corrected chi connectivity index (χ0v) is 8.96. The fourth-order valence-electron chi connectivity index (χ4n) is 1.27. The van der Waals surface area contributed by atoms with Gasteiger partial charge in [-0.1, -0.05) is 23.7 Å². The molecule has 3 heteroatoms. The van der Waals surface area contributed by atoms with E-state index < -0.39 is 0 Å². The Morgan fingerprint density at radius 2 is 2.29 bits per heavy atom. The average Bonchev–Trinajstić information content (AvgIpc) is 2.15. The van der Waals surface area contributed by atoms with E-state index in [0.29, 0.717) is 6.42 Å². The Morgan fingerprint density at radius 3 is 2.93 bits per heavy atom. The monoisotopic (exact) mass is 208 g/mol. The van der Waals surface area contributed by atoms with E-state index in [1.165, 1.54) is 5.56 Å². The van der Waals surface area contributed by atoms with E-state index in [9.17, 15) is 0 Å². The molecule has 0 heterocycles. The Kier molecular flexibility index (Phi) is 4.45. The third kappa shape index (κ3) is 3.78. The van der Waals surface area contributed by atoms with E-state index in [1.54, 1.807) is 0 Å². The fourth-order valence-corrected chi connectivity index (χ4v) is 1.48. The van der Waals surface area contributed by atoms with Gasteiger partial charge < -0.3 is 4.90 Å². The molecule has 0 aliphatic carbocycles. The van der Waals surface area contributed by atoms with Gasteiger partial charge in [0.15, 0.2) is 0 Å². The predicted molar refractivity (Wildman–Crippen MR) is 58.0 cm³/mol. The molecule has 0 aliphatic rings. The molecule has 74 valence electrons. The number of rotatable bonds is 4. The van der Waals surface area contributed by atoms with Crippen LogP contribution in [0.5, 0.6) is 0 Å². The molecule has 0 saturated carbocycles. The van der Waals surface area contributed by atoms with Crippen molar-refractivity contribution in [3.8, 4) is 6.07 Å². The summed E-state index contributed by atoms with van der Waals surface area (Å²) in [4.78, 5) is 2.11. The summed E-state index contributed by atoms with van der Waals surface area (Å²) in [6.45, 7) is 1.63. The number of hydrogen-bond donors (Lipinski definition) is 0. The summed E-state index contributed by atoms with van der Waals surface area (Å²) in [6, 6.07) is 9.92. The van der Waals surface area contributed by atoms with Crippen molar-refractivity contribution >= 4 is 11.6 Å². The van der Waals surface area contributed by atoms with E-state index in [4.69, 9.17) is 16.9 Å². The van der Waals surface area contributed by atoms with Crippen LogP contribution in [-0.4, -0.2) is 18.5 Å². The van der Waals surface area contributed by atoms with Gasteiger partial charge in [-0.3, -0.25) is 0 Å². The topological polar surface area (TPSA) is 27.0 Å². The molecular formula is C11H13ClN2. The van der Waals surface area contributed by atoms with Crippen molar-refractivity contribution in [3.05, 3.63) is 34.9 Å². The van der Waals surface area contributed by atoms with Gasteiger partial charge in [0.25, 0.3) is 0 Å². The quantitative estimate of drug-likeness (QED) is 0.761. The van der Waals surface area contributed by atoms with Gasteiger partial charge in [0.05, 0.1) is 6.07 Å². The molecular weight excluding hydrogens is 196 g/mol. The van der Waals surface area contributed by atoms with Crippen LogP contribution >= 0.6 is 11.6 Å². The summed E-state index contributed by atoms with van der Waals surface area (Å²) in [6.07, 6.45) is 0.567. The largest absolute Gasteiger partial charge is 0.301 e. The SMILES string of the molecule is CN(CCC#N)Cc1cccc(Cl)c1. The maximum atomic E-state index is 8.43. The van der Waals surface area contributed by atoms with Gasteiger partial charge in [-0.15, -0.1) is 0 Å². The predicted octanol–water partition coefficient (Wildman–Crippen LogP) is 2.69. The maximum Gasteiger partial charge on any atom is 0.0635 e. The Labute approximate surface area is 89.7 Å². The van der Waals surface area contributed by atoms with Crippen molar-refractivity contribution in [2.75, 3.05) is 13.6 Å². The summed E-state index contributed by atoms with van der Waals surface area (Å²) < 4.78 is 0. The first-order valence-electron chi connectivity index (χ1n) is 4.52. The molecule has 14 heavy (non-hydrogen) atoms. The summed E-state index contributed by atoms with van der Waals surface area (Å²) >= 11 is 5.86. The van der Waals surface area contributed by atoms with Crippen LogP contribution in [0.3, 0.4) is 0 Å². The zero-order chi connectivity index (χ0) is 10.4. The van der Waals surface area contributed by atoms with Crippen molar-refractivity contribution in [1.82, 2.24) is 4.90 Å². The number of nitrogens with zero attached hydrogens (tertiary/aromatic N) is 2. The Balaban J connectivity index is 2.48. The minimum absolute atomic E-state index is 0.567. The van der Waals surface area contributed by atoms with E-state index in [1.807, 2.05) is 31.3 Å². The molecule has 0 radical (unpaired) electrons. The molecule has 0 saturated heterocycles. The maximum absolute atomic E-state index is 8.43. The van der Waals surface area contributed by atoms with Crippen molar-refractivity contribution in [1.29, 1.82) is 5.26 Å². The molecule has 1 aromatic carbocycles. The number of benzene rings is 1. The van der Waals surface area contributed by atoms with Crippen LogP contribution in [0, 0.1) is 11.3 Å². The Hall–Kier alpha value is -1.04. The van der Waals surface area contributed by atoms with Gasteiger partial charge in [0.2, 0.25) is 0 Å². The van der Waals surface area contributed by atoms with E-state index in [-0.39, 0.29) is 0 Å². The van der Waals surface area contributed by atoms with Crippen LogP contribution in [0.4, 0.5) is 0 Å². The fraction of sp³-hybridized carbons (Fsp3) is 0.364. The lowest BCUT2D eigenvalue weighted by molar-refractivity contribution is 0.335. The van der Waals surface area contributed by atoms with E-state index in [0.717, 1.165) is 18.1 Å². The molecule has 2 nitrogen and oxygen atoms in total. The van der Waals surface area contributed by atoms with Crippen LogP contribution in [0.2, 0.25) is 5.02 Å². The summed E-state index contributed by atoms with van der Waals surface area (Å²) in [5.41, 5.74) is 1.18. The molecule has 0 atom stereocenters. The van der Waals surface area contributed by atoms with Gasteiger partial charge in [-0.05, 0) is 24.7 Å². The molecule has 0 spiro atoms. The lowest BCUT2D eigenvalue weighted by atomic mass is 10.2. The van der Waals surface area contributed by atoms with Crippen molar-refractivity contribution in [2.24, 2.45) is 0 Å². The van der Waals surface area contributed by atoms with Crippen LogP contribution in [0.1, 0.15) is 12.0 Å². The molecule has 0 aliphatic heterocycles. The van der Waals surface area contributed by atoms with Crippen LogP contribution in [0.15, 0.2) is 24.3 Å². The first kappa shape index (κ1) is 11.0. The van der Waals surface area contributed by atoms with Crippen molar-refractivity contribution in [3.63, 3.8) is 0 Å². The van der Waals surface area contributed by atoms with Gasteiger partial charge >= 0.3 is 0 Å². The normalized spacial score (nSPS) is 10.1. The number of nitriles is 1. The van der Waals surface area contributed by atoms with Gasteiger partial charge in [-0.25, -0.2) is 0 Å². The lowest BCUT2D eigenvalue weighted by Crippen LogP contribution is -2.18. The van der Waals surface area contributed by atoms with E-state index in [2.05, 4.69) is 11.0 Å². The molecule has 0 aromatic heterocycles. The first-order chi connectivity index (χ1) is 6.72. The van der Waals surface area contributed by atoms with Gasteiger partial charge in [-0.2, -0.15) is 5.26 Å². The Morgan fingerprint density at radius 1 is 1.50 bits per heavy atom. The Bertz CT molecular complexity index is 330. The summed E-state index contributed by atoms with van der Waals surface area (Å²) in [7, 11) is 2.00. The smallest absolute Gasteiger partial charge is 0.0635 e. The van der Waals surface area contributed by atoms with Crippen molar-refractivity contribution in [2.45, 2.75) is 13.0 Å². The molecule has 0 N–H and O–H groups in total. The highest BCUT2D eigenvalue weighted by Crippen LogP contribution is 2.11. The highest BCUT2D eigenvalue weighted by atomic mass is 35.5. The molecule has 0 fully saturated rings. The van der Waals surface area contributed by atoms with Crippen LogP contribution in [-0.2, 0) is 6.54 Å². The highest BCUT2D eigenvalue weighted by Gasteiger charge is 1.99. The standard InChI is InChI=1S/C11H13ClN2/c1-14(7-3-6-13)9-10-4-2-5-11(12)8-10/h2,4-5,8H,3,7,9H2,1H3. The minimum atomic E-state index is 0.567. The second kappa shape index (κ2) is 5.64. The van der Waals surface area contributed by atoms with Crippen LogP contribution < -0.4 is 0 Å². The number of hydrogen-bond acceptors (Lipinski definition) is 2. The highest BCUT2D eigenvalue weighted by molar-refractivity contribution is 6.30. The molecule has 1 rings (SSSR count). The third-order valence-electron chi connectivity index (χ3n) is 1.95. The lowest BCUT2D eigenvalue weighted by Gasteiger charge is -2.14. The summed E-state index contributed by atoms with van der Waals surface area (Å²) in [5.74, 6) is 0. The second-order valence-corrected chi connectivity index (χ2v) is 3.71. The second-order valence-electron chi connectivity index (χ2n) is 3.28. The minimum Gasteiger partial charge on any atom is -0.301 e. The van der Waals surface area contributed by atoms with Crippen LogP contribution in [0.25, 0.3) is 0 Å². The molecule has 0 unspecified atom stereocenters.